The molecule has 0 radical (unpaired) electrons. The minimum Gasteiger partial charge on any atom is -0.458 e. The third-order valence-corrected chi connectivity index (χ3v) is 8.32. The van der Waals surface area contributed by atoms with Crippen LogP contribution in [-0.2, 0) is 38.1 Å². The zero-order valence-corrected chi connectivity index (χ0v) is 26.1. The van der Waals surface area contributed by atoms with Crippen LogP contribution in [0.4, 0.5) is 0 Å². The first kappa shape index (κ1) is 34.7. The summed E-state index contributed by atoms with van der Waals surface area (Å²) in [6.45, 7) is 13.8. The van der Waals surface area contributed by atoms with Gasteiger partial charge in [0.15, 0.2) is 11.9 Å². The highest BCUT2D eigenvalue weighted by Gasteiger charge is 2.62. The van der Waals surface area contributed by atoms with Gasteiger partial charge in [0.05, 0.1) is 17.6 Å². The Morgan fingerprint density at radius 3 is 1.93 bits per heavy atom. The molecule has 1 saturated carbocycles. The van der Waals surface area contributed by atoms with E-state index in [1.54, 1.807) is 64.1 Å². The van der Waals surface area contributed by atoms with E-state index < -0.39 is 89.0 Å². The molecular formula is C33H42O11. The Hall–Kier alpha value is -3.83. The Morgan fingerprint density at radius 2 is 1.39 bits per heavy atom. The van der Waals surface area contributed by atoms with Gasteiger partial charge < -0.3 is 29.2 Å². The minimum atomic E-state index is -2.04. The van der Waals surface area contributed by atoms with Crippen molar-refractivity contribution in [3.05, 3.63) is 60.2 Å². The van der Waals surface area contributed by atoms with Gasteiger partial charge in [0.25, 0.3) is 0 Å². The maximum atomic E-state index is 13.9. The van der Waals surface area contributed by atoms with Gasteiger partial charge >= 0.3 is 23.9 Å². The number of hydrogen-bond acceptors (Lipinski definition) is 11. The molecule has 1 aromatic rings. The van der Waals surface area contributed by atoms with Crippen molar-refractivity contribution in [3.8, 4) is 0 Å². The first-order chi connectivity index (χ1) is 20.4. The molecule has 240 valence electrons. The number of hydrogen-bond donors (Lipinski definition) is 2. The Kier molecular flexibility index (Phi) is 10.6. The predicted octanol–water partition coefficient (Wildman–Crippen LogP) is 3.11. The second kappa shape index (κ2) is 13.4. The van der Waals surface area contributed by atoms with E-state index in [2.05, 4.69) is 6.58 Å². The van der Waals surface area contributed by atoms with E-state index in [0.717, 1.165) is 20.8 Å². The van der Waals surface area contributed by atoms with Crippen LogP contribution in [0.3, 0.4) is 0 Å². The van der Waals surface area contributed by atoms with Gasteiger partial charge in [0.2, 0.25) is 6.10 Å². The molecule has 44 heavy (non-hydrogen) atoms. The standard InChI is InChI=1S/C33H42O11/c1-17-14-15-32(7,8)30(38)28(43-22(6)36)27(42-21(5)35)19(3)26(41-20(4)34)24-25(18(2)16-33(24,40)29(17)37)44-31(39)23-12-10-9-11-13-23/h9-15,17-18,24-29,37,40H,3,16H2,1-2,4-8H3/b15-14+/t17-,18+,24-,25?,26?,27?,28?,29+,33-/m1/s1. The Morgan fingerprint density at radius 1 is 0.864 bits per heavy atom. The van der Waals surface area contributed by atoms with Gasteiger partial charge in [-0.05, 0) is 38.3 Å². The second-order valence-electron chi connectivity index (χ2n) is 12.3. The number of benzene rings is 1. The van der Waals surface area contributed by atoms with Gasteiger partial charge in [-0.1, -0.05) is 50.8 Å². The molecule has 4 unspecified atom stereocenters. The third kappa shape index (κ3) is 7.27. The molecule has 0 aliphatic heterocycles. The molecule has 0 heterocycles. The molecule has 0 spiro atoms. The van der Waals surface area contributed by atoms with Gasteiger partial charge in [-0.2, -0.15) is 0 Å². The second-order valence-corrected chi connectivity index (χ2v) is 12.3. The molecule has 11 heteroatoms. The number of ketones is 1. The summed E-state index contributed by atoms with van der Waals surface area (Å²) in [4.78, 5) is 64.4. The highest BCUT2D eigenvalue weighted by Crippen LogP contribution is 2.50. The van der Waals surface area contributed by atoms with Gasteiger partial charge in [-0.25, -0.2) is 4.79 Å². The molecule has 3 rings (SSSR count). The molecule has 11 nitrogen and oxygen atoms in total. The van der Waals surface area contributed by atoms with E-state index in [0.29, 0.717) is 0 Å². The van der Waals surface area contributed by atoms with Crippen molar-refractivity contribution in [2.45, 2.75) is 91.0 Å². The summed E-state index contributed by atoms with van der Waals surface area (Å²) in [5, 5.41) is 24.0. The average Bonchev–Trinajstić information content (AvgIpc) is 3.20. The van der Waals surface area contributed by atoms with Crippen LogP contribution in [-0.4, -0.2) is 76.0 Å². The van der Waals surface area contributed by atoms with Crippen LogP contribution in [0.2, 0.25) is 0 Å². The lowest BCUT2D eigenvalue weighted by molar-refractivity contribution is -0.179. The molecule has 0 bridgehead atoms. The number of allylic oxidation sites excluding steroid dienone is 1. The zero-order chi connectivity index (χ0) is 33.1. The van der Waals surface area contributed by atoms with Gasteiger partial charge in [0.1, 0.15) is 17.8 Å². The topological polar surface area (TPSA) is 163 Å². The summed E-state index contributed by atoms with van der Waals surface area (Å²) in [5.41, 5.74) is -3.35. The van der Waals surface area contributed by atoms with Crippen LogP contribution in [0, 0.1) is 23.2 Å². The number of fused-ring (bicyclic) bond motifs is 1. The van der Waals surface area contributed by atoms with Crippen molar-refractivity contribution in [1.82, 2.24) is 0 Å². The van der Waals surface area contributed by atoms with E-state index in [1.165, 1.54) is 6.08 Å². The van der Waals surface area contributed by atoms with E-state index >= 15 is 0 Å². The molecule has 0 saturated heterocycles. The maximum Gasteiger partial charge on any atom is 0.338 e. The lowest BCUT2D eigenvalue weighted by Gasteiger charge is -2.44. The fraction of sp³-hybridized carbons (Fsp3) is 0.545. The molecule has 0 amide bonds. The zero-order valence-electron chi connectivity index (χ0n) is 26.1. The van der Waals surface area contributed by atoms with Crippen LogP contribution in [0.1, 0.15) is 65.2 Å². The van der Waals surface area contributed by atoms with Crippen molar-refractivity contribution < 1.29 is 53.1 Å². The van der Waals surface area contributed by atoms with Gasteiger partial charge in [-0.3, -0.25) is 19.2 Å². The summed E-state index contributed by atoms with van der Waals surface area (Å²) in [6, 6.07) is 8.13. The van der Waals surface area contributed by atoms with Crippen LogP contribution < -0.4 is 0 Å². The monoisotopic (exact) mass is 614 g/mol. The predicted molar refractivity (Wildman–Crippen MR) is 157 cm³/mol. The van der Waals surface area contributed by atoms with Crippen LogP contribution in [0.25, 0.3) is 0 Å². The van der Waals surface area contributed by atoms with Gasteiger partial charge in [0, 0.05) is 37.7 Å². The van der Waals surface area contributed by atoms with Crippen molar-refractivity contribution in [2.24, 2.45) is 23.2 Å². The van der Waals surface area contributed by atoms with E-state index in [4.69, 9.17) is 18.9 Å². The van der Waals surface area contributed by atoms with Crippen LogP contribution in [0.15, 0.2) is 54.6 Å². The Labute approximate surface area is 257 Å². The Balaban J connectivity index is 2.31. The first-order valence-electron chi connectivity index (χ1n) is 14.5. The molecule has 0 aromatic heterocycles. The SMILES string of the molecule is C=C1C(OC(C)=O)C(OC(C)=O)C(=O)C(C)(C)/C=C/[C@@H](C)[C@H](O)[C@@]2(O)C[C@H](C)C(OC(=O)c3ccccc3)[C@@H]2C1OC(C)=O. The summed E-state index contributed by atoms with van der Waals surface area (Å²) in [5.74, 6) is -6.63. The molecule has 9 atom stereocenters. The smallest absolute Gasteiger partial charge is 0.338 e. The number of aliphatic hydroxyl groups excluding tert-OH is 1. The highest BCUT2D eigenvalue weighted by atomic mass is 16.6. The third-order valence-electron chi connectivity index (χ3n) is 8.32. The summed E-state index contributed by atoms with van der Waals surface area (Å²) >= 11 is 0. The number of Topliss-reactive ketones (excluding diaryl/α,β-unsaturated/α-hetero) is 1. The number of rotatable bonds is 5. The number of esters is 4. The lowest BCUT2D eigenvalue weighted by Crippen LogP contribution is -2.58. The van der Waals surface area contributed by atoms with E-state index in [1.807, 2.05) is 0 Å². The highest BCUT2D eigenvalue weighted by molar-refractivity contribution is 5.93. The van der Waals surface area contributed by atoms with Crippen molar-refractivity contribution in [3.63, 3.8) is 0 Å². The lowest BCUT2D eigenvalue weighted by atomic mass is 9.72. The van der Waals surface area contributed by atoms with Gasteiger partial charge in [-0.15, -0.1) is 0 Å². The largest absolute Gasteiger partial charge is 0.458 e. The van der Waals surface area contributed by atoms with Crippen molar-refractivity contribution >= 4 is 29.7 Å². The number of ether oxygens (including phenoxy) is 4. The molecule has 1 aromatic carbocycles. The maximum absolute atomic E-state index is 13.9. The fourth-order valence-electron chi connectivity index (χ4n) is 6.18. The summed E-state index contributed by atoms with van der Waals surface area (Å²) in [6.07, 6.45) is -4.66. The molecule has 1 fully saturated rings. The quantitative estimate of drug-likeness (QED) is 0.285. The minimum absolute atomic E-state index is 0.0806. The number of carbonyl (C=O) groups is 5. The molecular weight excluding hydrogens is 572 g/mol. The molecule has 2 aliphatic rings. The number of carbonyl (C=O) groups excluding carboxylic acids is 5. The first-order valence-corrected chi connectivity index (χ1v) is 14.5. The van der Waals surface area contributed by atoms with Crippen molar-refractivity contribution in [1.29, 1.82) is 0 Å². The Bertz CT molecular complexity index is 1320. The van der Waals surface area contributed by atoms with E-state index in [-0.39, 0.29) is 17.6 Å². The molecule has 2 aliphatic carbocycles. The van der Waals surface area contributed by atoms with Crippen LogP contribution in [0.5, 0.6) is 0 Å². The van der Waals surface area contributed by atoms with E-state index in [9.17, 15) is 34.2 Å². The fourth-order valence-corrected chi connectivity index (χ4v) is 6.18. The van der Waals surface area contributed by atoms with Crippen LogP contribution >= 0.6 is 0 Å². The van der Waals surface area contributed by atoms with Crippen molar-refractivity contribution in [2.75, 3.05) is 0 Å². The molecule has 2 N–H and O–H groups in total. The normalized spacial score (nSPS) is 34.4. The summed E-state index contributed by atoms with van der Waals surface area (Å²) < 4.78 is 22.7. The summed E-state index contributed by atoms with van der Waals surface area (Å²) in [7, 11) is 0. The average molecular weight is 615 g/mol. The number of aliphatic hydroxyl groups is 2.